The van der Waals surface area contributed by atoms with E-state index in [0.29, 0.717) is 28.7 Å². The van der Waals surface area contributed by atoms with Gasteiger partial charge >= 0.3 is 0 Å². The third kappa shape index (κ3) is 4.54. The molecule has 0 spiro atoms. The SMILES string of the molecule is O=c1nc(-c2ccccc2)n2c3ccc(-c4cccc(-c5nc(-c6ccccc6)nc(-c6ccccc6)n5)c4)cc3c3cccc1c32. The summed E-state index contributed by atoms with van der Waals surface area (Å²) in [5, 5.41) is 2.69. The van der Waals surface area contributed by atoms with Crippen molar-refractivity contribution in [1.29, 1.82) is 0 Å². The summed E-state index contributed by atoms with van der Waals surface area (Å²) < 4.78 is 2.12. The Bertz CT molecular complexity index is 2580. The van der Waals surface area contributed by atoms with Crippen molar-refractivity contribution < 1.29 is 0 Å². The van der Waals surface area contributed by atoms with E-state index in [1.54, 1.807) is 0 Å². The molecular formula is C41H25N5O. The Hall–Kier alpha value is -6.53. The average molecular weight is 604 g/mol. The number of para-hydroxylation sites is 1. The fraction of sp³-hybridized carbons (Fsp3) is 0. The maximum atomic E-state index is 13.2. The van der Waals surface area contributed by atoms with E-state index < -0.39 is 0 Å². The molecule has 0 N–H and O–H groups in total. The summed E-state index contributed by atoms with van der Waals surface area (Å²) in [6.07, 6.45) is 0. The van der Waals surface area contributed by atoms with E-state index in [2.05, 4.69) is 45.8 Å². The van der Waals surface area contributed by atoms with Crippen LogP contribution in [0.5, 0.6) is 0 Å². The maximum absolute atomic E-state index is 13.2. The van der Waals surface area contributed by atoms with Gasteiger partial charge in [-0.25, -0.2) is 15.0 Å². The van der Waals surface area contributed by atoms with Crippen LogP contribution in [0.4, 0.5) is 0 Å². The zero-order chi connectivity index (χ0) is 31.3. The lowest BCUT2D eigenvalue weighted by molar-refractivity contribution is 1.07. The largest absolute Gasteiger partial charge is 0.292 e. The fourth-order valence-electron chi connectivity index (χ4n) is 6.40. The molecule has 0 atom stereocenters. The van der Waals surface area contributed by atoms with Crippen LogP contribution in [0, 0.1) is 0 Å². The van der Waals surface area contributed by atoms with Gasteiger partial charge in [0, 0.05) is 33.0 Å². The molecule has 0 unspecified atom stereocenters. The van der Waals surface area contributed by atoms with E-state index in [1.165, 1.54) is 0 Å². The highest BCUT2D eigenvalue weighted by molar-refractivity contribution is 6.15. The molecule has 3 aromatic heterocycles. The van der Waals surface area contributed by atoms with Crippen LogP contribution in [0.1, 0.15) is 0 Å². The summed E-state index contributed by atoms with van der Waals surface area (Å²) in [5.74, 6) is 2.50. The predicted molar refractivity (Wildman–Crippen MR) is 188 cm³/mol. The first-order valence-electron chi connectivity index (χ1n) is 15.4. The number of hydrogen-bond donors (Lipinski definition) is 0. The molecule has 0 bridgehead atoms. The van der Waals surface area contributed by atoms with E-state index in [9.17, 15) is 4.79 Å². The van der Waals surface area contributed by atoms with Crippen molar-refractivity contribution >= 4 is 27.2 Å². The first-order chi connectivity index (χ1) is 23.2. The van der Waals surface area contributed by atoms with E-state index in [4.69, 9.17) is 15.0 Å². The molecule has 0 fully saturated rings. The second-order valence-electron chi connectivity index (χ2n) is 11.5. The van der Waals surface area contributed by atoms with Crippen molar-refractivity contribution in [2.75, 3.05) is 0 Å². The molecule has 0 aliphatic heterocycles. The third-order valence-electron chi connectivity index (χ3n) is 8.62. The molecule has 9 rings (SSSR count). The van der Waals surface area contributed by atoms with Crippen LogP contribution in [0.3, 0.4) is 0 Å². The van der Waals surface area contributed by atoms with E-state index >= 15 is 0 Å². The van der Waals surface area contributed by atoms with Gasteiger partial charge in [0.2, 0.25) is 0 Å². The molecule has 6 heteroatoms. The third-order valence-corrected chi connectivity index (χ3v) is 8.62. The number of hydrogen-bond acceptors (Lipinski definition) is 5. The summed E-state index contributed by atoms with van der Waals surface area (Å²) in [5.41, 5.74) is 7.40. The topological polar surface area (TPSA) is 73.0 Å². The van der Waals surface area contributed by atoms with Crippen LogP contribution in [0.2, 0.25) is 0 Å². The second-order valence-corrected chi connectivity index (χ2v) is 11.5. The Kier molecular flexibility index (Phi) is 6.18. The Labute approximate surface area is 269 Å². The fourth-order valence-corrected chi connectivity index (χ4v) is 6.40. The van der Waals surface area contributed by atoms with E-state index in [0.717, 1.165) is 55.2 Å². The van der Waals surface area contributed by atoms with Crippen molar-refractivity contribution in [2.24, 2.45) is 0 Å². The van der Waals surface area contributed by atoms with Crippen LogP contribution >= 0.6 is 0 Å². The highest BCUT2D eigenvalue weighted by Gasteiger charge is 2.19. The van der Waals surface area contributed by atoms with Crippen LogP contribution < -0.4 is 5.56 Å². The molecule has 0 aliphatic rings. The van der Waals surface area contributed by atoms with Gasteiger partial charge in [-0.2, -0.15) is 4.98 Å². The summed E-state index contributed by atoms with van der Waals surface area (Å²) in [6, 6.07) is 50.5. The standard InChI is InChI=1S/C41H25N5O/c47-41-33-21-11-20-32-34-25-30(22-23-35(34)46(36(32)33)40(45-41)28-16-8-3-9-17-28)29-18-10-19-31(24-29)39-43-37(26-12-4-1-5-13-26)42-38(44-39)27-14-6-2-7-15-27/h1-25H. The van der Waals surface area contributed by atoms with Crippen molar-refractivity contribution in [3.05, 3.63) is 162 Å². The first kappa shape index (κ1) is 26.8. The number of aromatic nitrogens is 5. The molecule has 0 amide bonds. The van der Waals surface area contributed by atoms with Gasteiger partial charge in [0.1, 0.15) is 5.82 Å². The van der Waals surface area contributed by atoms with Gasteiger partial charge in [-0.15, -0.1) is 0 Å². The molecule has 0 radical (unpaired) electrons. The van der Waals surface area contributed by atoms with E-state index in [1.807, 2.05) is 115 Å². The van der Waals surface area contributed by atoms with Crippen molar-refractivity contribution in [2.45, 2.75) is 0 Å². The summed E-state index contributed by atoms with van der Waals surface area (Å²) in [4.78, 5) is 32.5. The minimum Gasteiger partial charge on any atom is -0.292 e. The Morgan fingerprint density at radius 3 is 1.55 bits per heavy atom. The zero-order valence-electron chi connectivity index (χ0n) is 25.1. The molecule has 0 saturated heterocycles. The molecule has 6 aromatic carbocycles. The highest BCUT2D eigenvalue weighted by atomic mass is 16.1. The minimum absolute atomic E-state index is 0.222. The van der Waals surface area contributed by atoms with Crippen LogP contribution in [-0.2, 0) is 0 Å². The zero-order valence-corrected chi connectivity index (χ0v) is 25.1. The van der Waals surface area contributed by atoms with Gasteiger partial charge in [-0.3, -0.25) is 9.20 Å². The van der Waals surface area contributed by atoms with Gasteiger partial charge in [-0.05, 0) is 35.4 Å². The molecular weight excluding hydrogens is 578 g/mol. The van der Waals surface area contributed by atoms with Gasteiger partial charge in [0.25, 0.3) is 5.56 Å². The van der Waals surface area contributed by atoms with Gasteiger partial charge in [0.15, 0.2) is 17.5 Å². The quantitative estimate of drug-likeness (QED) is 0.196. The van der Waals surface area contributed by atoms with Gasteiger partial charge in [0.05, 0.1) is 16.4 Å². The summed E-state index contributed by atoms with van der Waals surface area (Å²) >= 11 is 0. The number of rotatable bonds is 5. The number of nitrogens with zero attached hydrogens (tertiary/aromatic N) is 5. The Balaban J connectivity index is 1.21. The van der Waals surface area contributed by atoms with Crippen molar-refractivity contribution in [3.8, 4) is 56.7 Å². The molecule has 0 saturated carbocycles. The smallest absolute Gasteiger partial charge is 0.281 e. The summed E-state index contributed by atoms with van der Waals surface area (Å²) in [6.45, 7) is 0. The molecule has 220 valence electrons. The van der Waals surface area contributed by atoms with Crippen molar-refractivity contribution in [3.63, 3.8) is 0 Å². The lowest BCUT2D eigenvalue weighted by Crippen LogP contribution is -2.11. The Morgan fingerprint density at radius 2 is 0.894 bits per heavy atom. The molecule has 47 heavy (non-hydrogen) atoms. The number of benzene rings is 6. The molecule has 0 aliphatic carbocycles. The first-order valence-corrected chi connectivity index (χ1v) is 15.4. The van der Waals surface area contributed by atoms with Crippen LogP contribution in [0.15, 0.2) is 156 Å². The Morgan fingerprint density at radius 1 is 0.383 bits per heavy atom. The van der Waals surface area contributed by atoms with Gasteiger partial charge in [-0.1, -0.05) is 127 Å². The normalized spacial score (nSPS) is 11.5. The van der Waals surface area contributed by atoms with Crippen molar-refractivity contribution in [1.82, 2.24) is 24.3 Å². The van der Waals surface area contributed by atoms with Crippen LogP contribution in [-0.4, -0.2) is 24.3 Å². The minimum atomic E-state index is -0.222. The predicted octanol–water partition coefficient (Wildman–Crippen LogP) is 8.96. The average Bonchev–Trinajstić information content (AvgIpc) is 3.48. The van der Waals surface area contributed by atoms with Gasteiger partial charge < -0.3 is 0 Å². The molecule has 6 nitrogen and oxygen atoms in total. The molecule has 9 aromatic rings. The lowest BCUT2D eigenvalue weighted by atomic mass is 10.0. The second kappa shape index (κ2) is 10.8. The monoisotopic (exact) mass is 603 g/mol. The summed E-state index contributed by atoms with van der Waals surface area (Å²) in [7, 11) is 0. The maximum Gasteiger partial charge on any atom is 0.281 e. The lowest BCUT2D eigenvalue weighted by Gasteiger charge is -2.10. The van der Waals surface area contributed by atoms with E-state index in [-0.39, 0.29) is 5.56 Å². The molecule has 3 heterocycles. The van der Waals surface area contributed by atoms with Crippen LogP contribution in [0.25, 0.3) is 83.9 Å². The highest BCUT2D eigenvalue weighted by Crippen LogP contribution is 2.37. The number of fused-ring (bicyclic) bond motifs is 3.